The molecule has 0 radical (unpaired) electrons. The first kappa shape index (κ1) is 12.6. The van der Waals surface area contributed by atoms with Crippen LogP contribution >= 0.6 is 0 Å². The van der Waals surface area contributed by atoms with Gasteiger partial charge in [0.1, 0.15) is 0 Å². The van der Waals surface area contributed by atoms with Gasteiger partial charge in [0.2, 0.25) is 5.95 Å². The van der Waals surface area contributed by atoms with Gasteiger partial charge >= 0.3 is 5.97 Å². The Bertz CT molecular complexity index is 657. The second kappa shape index (κ2) is 4.92. The molecule has 102 valence electrons. The van der Waals surface area contributed by atoms with E-state index in [2.05, 4.69) is 23.0 Å². The average Bonchev–Trinajstić information content (AvgIpc) is 2.47. The molecule has 0 spiro atoms. The smallest absolute Gasteiger partial charge is 0.354 e. The third kappa shape index (κ3) is 2.11. The van der Waals surface area contributed by atoms with Gasteiger partial charge in [-0.2, -0.15) is 0 Å². The molecule has 3 rings (SSSR count). The van der Waals surface area contributed by atoms with Gasteiger partial charge in [0, 0.05) is 17.9 Å². The van der Waals surface area contributed by atoms with Crippen molar-refractivity contribution in [2.24, 2.45) is 0 Å². The van der Waals surface area contributed by atoms with Crippen LogP contribution in [0, 0.1) is 0 Å². The van der Waals surface area contributed by atoms with Crippen LogP contribution in [0.5, 0.6) is 0 Å². The number of carbonyl (C=O) groups is 1. The Labute approximate surface area is 116 Å². The number of aromatic nitrogens is 2. The maximum atomic E-state index is 11.1. The average molecular weight is 269 g/mol. The fourth-order valence-electron chi connectivity index (χ4n) is 2.58. The molecule has 0 aliphatic carbocycles. The maximum Gasteiger partial charge on any atom is 0.354 e. The zero-order valence-electron chi connectivity index (χ0n) is 11.2. The summed E-state index contributed by atoms with van der Waals surface area (Å²) in [5.41, 5.74) is 2.33. The zero-order chi connectivity index (χ0) is 14.1. The first-order valence-electron chi connectivity index (χ1n) is 6.60. The van der Waals surface area contributed by atoms with E-state index in [1.54, 1.807) is 0 Å². The minimum Gasteiger partial charge on any atom is -0.477 e. The Balaban J connectivity index is 2.09. The van der Waals surface area contributed by atoms with Crippen LogP contribution in [0.4, 0.5) is 11.6 Å². The van der Waals surface area contributed by atoms with Crippen molar-refractivity contribution in [3.63, 3.8) is 0 Å². The van der Waals surface area contributed by atoms with Crippen LogP contribution in [0.3, 0.4) is 0 Å². The molecule has 20 heavy (non-hydrogen) atoms. The quantitative estimate of drug-likeness (QED) is 0.907. The Morgan fingerprint density at radius 3 is 2.95 bits per heavy atom. The maximum absolute atomic E-state index is 11.1. The number of carboxylic acid groups (broad SMARTS) is 1. The summed E-state index contributed by atoms with van der Waals surface area (Å²) < 4.78 is 0. The van der Waals surface area contributed by atoms with Crippen LogP contribution in [0.2, 0.25) is 0 Å². The minimum atomic E-state index is -1.04. The first-order valence-corrected chi connectivity index (χ1v) is 6.60. The van der Waals surface area contributed by atoms with E-state index in [9.17, 15) is 4.79 Å². The number of nitrogens with zero attached hydrogens (tertiary/aromatic N) is 3. The van der Waals surface area contributed by atoms with Crippen molar-refractivity contribution in [1.29, 1.82) is 0 Å². The van der Waals surface area contributed by atoms with E-state index in [1.807, 2.05) is 23.1 Å². The predicted molar refractivity (Wildman–Crippen MR) is 75.4 cm³/mol. The van der Waals surface area contributed by atoms with E-state index in [0.717, 1.165) is 18.5 Å². The molecule has 0 fully saturated rings. The molecule has 5 nitrogen and oxygen atoms in total. The molecular formula is C15H15N3O2. The van der Waals surface area contributed by atoms with Crippen molar-refractivity contribution in [2.45, 2.75) is 25.8 Å². The summed E-state index contributed by atoms with van der Waals surface area (Å²) in [5, 5.41) is 9.06. The van der Waals surface area contributed by atoms with Gasteiger partial charge in [-0.3, -0.25) is 0 Å². The summed E-state index contributed by atoms with van der Waals surface area (Å²) in [5.74, 6) is -0.587. The van der Waals surface area contributed by atoms with Gasteiger partial charge in [0.15, 0.2) is 5.69 Å². The minimum absolute atomic E-state index is 0.0188. The molecule has 1 atom stereocenters. The van der Waals surface area contributed by atoms with Crippen LogP contribution in [-0.2, 0) is 6.42 Å². The van der Waals surface area contributed by atoms with Gasteiger partial charge in [0.05, 0.1) is 0 Å². The fourth-order valence-corrected chi connectivity index (χ4v) is 2.58. The standard InChI is InChI=1S/C15H15N3O2/c1-10-6-7-11-4-2-3-5-13(11)18(10)15-16-9-8-12(17-15)14(19)20/h2-5,8-10H,6-7H2,1H3,(H,19,20). The predicted octanol–water partition coefficient (Wildman–Crippen LogP) is 2.65. The van der Waals surface area contributed by atoms with E-state index in [4.69, 9.17) is 5.11 Å². The van der Waals surface area contributed by atoms with Gasteiger partial charge in [-0.15, -0.1) is 0 Å². The monoisotopic (exact) mass is 269 g/mol. The van der Waals surface area contributed by atoms with E-state index in [0.29, 0.717) is 5.95 Å². The van der Waals surface area contributed by atoms with Crippen molar-refractivity contribution in [3.8, 4) is 0 Å². The van der Waals surface area contributed by atoms with E-state index in [1.165, 1.54) is 17.8 Å². The number of anilines is 2. The third-order valence-electron chi connectivity index (χ3n) is 3.60. The van der Waals surface area contributed by atoms with Crippen LogP contribution in [-0.4, -0.2) is 27.1 Å². The lowest BCUT2D eigenvalue weighted by Gasteiger charge is -2.35. The van der Waals surface area contributed by atoms with E-state index >= 15 is 0 Å². The molecule has 5 heteroatoms. The van der Waals surface area contributed by atoms with Gasteiger partial charge in [-0.1, -0.05) is 18.2 Å². The number of para-hydroxylation sites is 1. The highest BCUT2D eigenvalue weighted by Gasteiger charge is 2.26. The highest BCUT2D eigenvalue weighted by Crippen LogP contribution is 2.34. The number of aryl methyl sites for hydroxylation is 1. The summed E-state index contributed by atoms with van der Waals surface area (Å²) in [6, 6.07) is 9.77. The highest BCUT2D eigenvalue weighted by atomic mass is 16.4. The summed E-state index contributed by atoms with van der Waals surface area (Å²) in [4.78, 5) is 21.5. The molecule has 1 unspecified atom stereocenters. The molecular weight excluding hydrogens is 254 g/mol. The molecule has 1 aromatic carbocycles. The van der Waals surface area contributed by atoms with Crippen LogP contribution in [0.25, 0.3) is 0 Å². The van der Waals surface area contributed by atoms with E-state index in [-0.39, 0.29) is 11.7 Å². The van der Waals surface area contributed by atoms with Crippen LogP contribution < -0.4 is 4.90 Å². The molecule has 0 saturated carbocycles. The number of hydrogen-bond donors (Lipinski definition) is 1. The lowest BCUT2D eigenvalue weighted by atomic mass is 9.97. The number of carboxylic acids is 1. The Morgan fingerprint density at radius 1 is 1.35 bits per heavy atom. The number of aromatic carboxylic acids is 1. The molecule has 0 bridgehead atoms. The lowest BCUT2D eigenvalue weighted by Crippen LogP contribution is -2.34. The molecule has 0 saturated heterocycles. The Hall–Kier alpha value is -2.43. The van der Waals surface area contributed by atoms with Crippen molar-refractivity contribution >= 4 is 17.6 Å². The summed E-state index contributed by atoms with van der Waals surface area (Å²) in [7, 11) is 0. The number of benzene rings is 1. The van der Waals surface area contributed by atoms with Crippen molar-refractivity contribution in [2.75, 3.05) is 4.90 Å². The number of fused-ring (bicyclic) bond motifs is 1. The SMILES string of the molecule is CC1CCc2ccccc2N1c1nccc(C(=O)O)n1. The van der Waals surface area contributed by atoms with Gasteiger partial charge < -0.3 is 10.0 Å². The first-order chi connectivity index (χ1) is 9.66. The molecule has 2 heterocycles. The van der Waals surface area contributed by atoms with Crippen LogP contribution in [0.15, 0.2) is 36.5 Å². The largest absolute Gasteiger partial charge is 0.477 e. The van der Waals surface area contributed by atoms with Gasteiger partial charge in [-0.05, 0) is 37.5 Å². The normalized spacial score (nSPS) is 17.6. The second-order valence-electron chi connectivity index (χ2n) is 4.93. The second-order valence-corrected chi connectivity index (χ2v) is 4.93. The molecule has 2 aromatic rings. The topological polar surface area (TPSA) is 66.3 Å². The fraction of sp³-hybridized carbons (Fsp3) is 0.267. The van der Waals surface area contributed by atoms with E-state index < -0.39 is 5.97 Å². The Kier molecular flexibility index (Phi) is 3.10. The van der Waals surface area contributed by atoms with Crippen molar-refractivity contribution < 1.29 is 9.90 Å². The molecule has 1 N–H and O–H groups in total. The molecule has 1 aliphatic rings. The zero-order valence-corrected chi connectivity index (χ0v) is 11.2. The molecule has 1 aliphatic heterocycles. The number of rotatable bonds is 2. The Morgan fingerprint density at radius 2 is 2.15 bits per heavy atom. The summed E-state index contributed by atoms with van der Waals surface area (Å²) in [6.45, 7) is 2.10. The lowest BCUT2D eigenvalue weighted by molar-refractivity contribution is 0.0690. The molecule has 0 amide bonds. The summed E-state index contributed by atoms with van der Waals surface area (Å²) in [6.07, 6.45) is 3.51. The summed E-state index contributed by atoms with van der Waals surface area (Å²) >= 11 is 0. The third-order valence-corrected chi connectivity index (χ3v) is 3.60. The van der Waals surface area contributed by atoms with Crippen LogP contribution in [0.1, 0.15) is 29.4 Å². The van der Waals surface area contributed by atoms with Crippen molar-refractivity contribution in [3.05, 3.63) is 47.8 Å². The van der Waals surface area contributed by atoms with Gasteiger partial charge in [0.25, 0.3) is 0 Å². The number of hydrogen-bond acceptors (Lipinski definition) is 4. The van der Waals surface area contributed by atoms with Gasteiger partial charge in [-0.25, -0.2) is 14.8 Å². The molecule has 1 aromatic heterocycles. The van der Waals surface area contributed by atoms with Crippen molar-refractivity contribution in [1.82, 2.24) is 9.97 Å². The highest BCUT2D eigenvalue weighted by molar-refractivity contribution is 5.85.